The van der Waals surface area contributed by atoms with E-state index in [0.717, 1.165) is 29.7 Å². The Bertz CT molecular complexity index is 1010. The molecular formula is C23H27N5O2. The summed E-state index contributed by atoms with van der Waals surface area (Å²) in [6.45, 7) is 1.49. The van der Waals surface area contributed by atoms with Gasteiger partial charge in [-0.1, -0.05) is 18.6 Å². The maximum atomic E-state index is 11.6. The van der Waals surface area contributed by atoms with Crippen LogP contribution in [0.25, 0.3) is 11.1 Å². The van der Waals surface area contributed by atoms with E-state index in [1.54, 1.807) is 4.68 Å². The second kappa shape index (κ2) is 8.98. The average molecular weight is 406 g/mol. The minimum atomic E-state index is -0.142. The van der Waals surface area contributed by atoms with Gasteiger partial charge >= 0.3 is 0 Å². The summed E-state index contributed by atoms with van der Waals surface area (Å²) >= 11 is 0. The van der Waals surface area contributed by atoms with Crippen molar-refractivity contribution < 1.29 is 9.53 Å². The third kappa shape index (κ3) is 4.97. The molecule has 1 saturated carbocycles. The van der Waals surface area contributed by atoms with E-state index >= 15 is 0 Å². The van der Waals surface area contributed by atoms with Gasteiger partial charge in [-0.25, -0.2) is 0 Å². The molecule has 30 heavy (non-hydrogen) atoms. The maximum absolute atomic E-state index is 11.6. The molecule has 1 amide bonds. The Morgan fingerprint density at radius 2 is 1.83 bits per heavy atom. The van der Waals surface area contributed by atoms with Crippen molar-refractivity contribution in [1.82, 2.24) is 14.8 Å². The third-order valence-corrected chi connectivity index (χ3v) is 5.20. The number of anilines is 3. The van der Waals surface area contributed by atoms with Crippen LogP contribution in [-0.2, 0) is 11.8 Å². The number of amides is 1. The highest BCUT2D eigenvalue weighted by molar-refractivity contribution is 5.90. The Morgan fingerprint density at radius 3 is 2.50 bits per heavy atom. The number of pyridine rings is 1. The number of aromatic nitrogens is 3. The molecule has 0 bridgehead atoms. The van der Waals surface area contributed by atoms with E-state index in [1.165, 1.54) is 26.2 Å². The number of nitrogens with one attached hydrogen (secondary N) is 2. The van der Waals surface area contributed by atoms with E-state index in [0.29, 0.717) is 17.4 Å². The molecular weight excluding hydrogens is 378 g/mol. The molecule has 1 fully saturated rings. The first kappa shape index (κ1) is 19.9. The van der Waals surface area contributed by atoms with E-state index in [1.807, 2.05) is 55.8 Å². The van der Waals surface area contributed by atoms with Gasteiger partial charge < -0.3 is 15.4 Å². The van der Waals surface area contributed by atoms with Crippen molar-refractivity contribution in [3.63, 3.8) is 0 Å². The second-order valence-electron chi connectivity index (χ2n) is 7.71. The fourth-order valence-electron chi connectivity index (χ4n) is 3.69. The molecule has 0 unspecified atom stereocenters. The van der Waals surface area contributed by atoms with Gasteiger partial charge in [-0.15, -0.1) is 0 Å². The summed E-state index contributed by atoms with van der Waals surface area (Å²) in [7, 11) is 1.91. The van der Waals surface area contributed by atoms with Gasteiger partial charge in [0.15, 0.2) is 0 Å². The first-order valence-corrected chi connectivity index (χ1v) is 10.4. The molecule has 1 aromatic carbocycles. The molecule has 2 aromatic heterocycles. The molecule has 156 valence electrons. The number of carbonyl (C=O) groups excluding carboxylic acids is 1. The number of rotatable bonds is 6. The van der Waals surface area contributed by atoms with Crippen molar-refractivity contribution in [2.24, 2.45) is 7.05 Å². The third-order valence-electron chi connectivity index (χ3n) is 5.20. The summed E-state index contributed by atoms with van der Waals surface area (Å²) in [6.07, 6.45) is 9.61. The molecule has 2 N–H and O–H groups in total. The Labute approximate surface area is 176 Å². The molecule has 3 aromatic rings. The lowest BCUT2D eigenvalue weighted by Crippen LogP contribution is -2.21. The van der Waals surface area contributed by atoms with Crippen LogP contribution in [-0.4, -0.2) is 26.8 Å². The van der Waals surface area contributed by atoms with E-state index in [9.17, 15) is 4.79 Å². The van der Waals surface area contributed by atoms with Gasteiger partial charge in [-0.05, 0) is 55.5 Å². The van der Waals surface area contributed by atoms with E-state index in [2.05, 4.69) is 20.7 Å². The summed E-state index contributed by atoms with van der Waals surface area (Å²) in [4.78, 5) is 16.2. The van der Waals surface area contributed by atoms with Crippen molar-refractivity contribution in [3.8, 4) is 17.0 Å². The lowest BCUT2D eigenvalue weighted by Gasteiger charge is -2.24. The molecule has 0 atom stereocenters. The lowest BCUT2D eigenvalue weighted by atomic mass is 9.98. The van der Waals surface area contributed by atoms with Crippen molar-refractivity contribution in [3.05, 3.63) is 48.8 Å². The molecule has 2 heterocycles. The van der Waals surface area contributed by atoms with Crippen LogP contribution in [0.3, 0.4) is 0 Å². The van der Waals surface area contributed by atoms with Crippen molar-refractivity contribution >= 4 is 23.1 Å². The van der Waals surface area contributed by atoms with Crippen LogP contribution in [0, 0.1) is 0 Å². The molecule has 0 spiro atoms. The van der Waals surface area contributed by atoms with E-state index in [-0.39, 0.29) is 12.0 Å². The number of aryl methyl sites for hydroxylation is 1. The molecule has 7 heteroatoms. The summed E-state index contributed by atoms with van der Waals surface area (Å²) in [5.74, 6) is 0.995. The smallest absolute Gasteiger partial charge is 0.240 e. The fraction of sp³-hybridized carbons (Fsp3) is 0.348. The quantitative estimate of drug-likeness (QED) is 0.610. The number of benzene rings is 1. The number of ether oxygens (including phenoxy) is 1. The highest BCUT2D eigenvalue weighted by atomic mass is 16.5. The van der Waals surface area contributed by atoms with Gasteiger partial charge in [-0.3, -0.25) is 9.48 Å². The minimum Gasteiger partial charge on any atom is -0.473 e. The summed E-state index contributed by atoms with van der Waals surface area (Å²) in [5, 5.41) is 10.4. The molecule has 1 aliphatic carbocycles. The topological polar surface area (TPSA) is 81.1 Å². The predicted molar refractivity (Wildman–Crippen MR) is 118 cm³/mol. The Balaban J connectivity index is 1.51. The van der Waals surface area contributed by atoms with Crippen molar-refractivity contribution in [2.45, 2.75) is 45.1 Å². The Kier molecular flexibility index (Phi) is 5.97. The van der Waals surface area contributed by atoms with Gasteiger partial charge in [0.1, 0.15) is 17.6 Å². The molecule has 0 aliphatic heterocycles. The normalized spacial score (nSPS) is 14.3. The second-order valence-corrected chi connectivity index (χ2v) is 7.71. The fourth-order valence-corrected chi connectivity index (χ4v) is 3.69. The van der Waals surface area contributed by atoms with E-state index in [4.69, 9.17) is 4.74 Å². The zero-order valence-corrected chi connectivity index (χ0v) is 17.4. The standard InChI is InChI=1S/C23H27N5O2/c1-16(29)25-21-12-13-22(27-23(21)30-20-6-4-3-5-7-20)26-19-10-8-17(9-11-19)18-14-24-28(2)15-18/h8-15,20H,3-7H2,1-2H3,(H,25,29)(H,26,27). The first-order valence-electron chi connectivity index (χ1n) is 10.4. The zero-order valence-electron chi connectivity index (χ0n) is 17.4. The summed E-state index contributed by atoms with van der Waals surface area (Å²) in [6, 6.07) is 11.8. The highest BCUT2D eigenvalue weighted by Gasteiger charge is 2.18. The van der Waals surface area contributed by atoms with Crippen LogP contribution in [0.5, 0.6) is 5.88 Å². The van der Waals surface area contributed by atoms with Crippen molar-refractivity contribution in [1.29, 1.82) is 0 Å². The first-order chi connectivity index (χ1) is 14.6. The van der Waals surface area contributed by atoms with Crippen LogP contribution in [0.2, 0.25) is 0 Å². The van der Waals surface area contributed by atoms with Crippen LogP contribution >= 0.6 is 0 Å². The lowest BCUT2D eigenvalue weighted by molar-refractivity contribution is -0.114. The number of carbonyl (C=O) groups is 1. The van der Waals surface area contributed by atoms with Gasteiger partial charge in [0.25, 0.3) is 0 Å². The molecule has 7 nitrogen and oxygen atoms in total. The van der Waals surface area contributed by atoms with Gasteiger partial charge in [0.05, 0.1) is 6.20 Å². The summed E-state index contributed by atoms with van der Waals surface area (Å²) in [5.41, 5.74) is 3.70. The zero-order chi connectivity index (χ0) is 20.9. The summed E-state index contributed by atoms with van der Waals surface area (Å²) < 4.78 is 7.96. The average Bonchev–Trinajstić information content (AvgIpc) is 3.17. The Hall–Kier alpha value is -3.35. The predicted octanol–water partition coefficient (Wildman–Crippen LogP) is 4.90. The van der Waals surface area contributed by atoms with Gasteiger partial charge in [0, 0.05) is 31.4 Å². The van der Waals surface area contributed by atoms with Crippen LogP contribution in [0.4, 0.5) is 17.2 Å². The number of hydrogen-bond donors (Lipinski definition) is 2. The van der Waals surface area contributed by atoms with Crippen LogP contribution < -0.4 is 15.4 Å². The molecule has 4 rings (SSSR count). The largest absolute Gasteiger partial charge is 0.473 e. The monoisotopic (exact) mass is 405 g/mol. The molecule has 0 radical (unpaired) electrons. The minimum absolute atomic E-state index is 0.142. The van der Waals surface area contributed by atoms with E-state index < -0.39 is 0 Å². The number of hydrogen-bond acceptors (Lipinski definition) is 5. The van der Waals surface area contributed by atoms with Crippen molar-refractivity contribution in [2.75, 3.05) is 10.6 Å². The van der Waals surface area contributed by atoms with Crippen LogP contribution in [0.15, 0.2) is 48.8 Å². The Morgan fingerprint density at radius 1 is 1.07 bits per heavy atom. The van der Waals surface area contributed by atoms with Gasteiger partial charge in [-0.2, -0.15) is 10.1 Å². The maximum Gasteiger partial charge on any atom is 0.240 e. The SMILES string of the molecule is CC(=O)Nc1ccc(Nc2ccc(-c3cnn(C)c3)cc2)nc1OC1CCCCC1. The van der Waals surface area contributed by atoms with Crippen LogP contribution in [0.1, 0.15) is 39.0 Å². The van der Waals surface area contributed by atoms with Gasteiger partial charge in [0.2, 0.25) is 11.8 Å². The molecule has 0 saturated heterocycles. The molecule has 1 aliphatic rings. The highest BCUT2D eigenvalue weighted by Crippen LogP contribution is 2.30. The number of nitrogens with zero attached hydrogens (tertiary/aromatic N) is 3.